The molecule has 154 valence electrons. The smallest absolute Gasteiger partial charge is 0.255 e. The van der Waals surface area contributed by atoms with E-state index in [4.69, 9.17) is 20.9 Å². The van der Waals surface area contributed by atoms with Gasteiger partial charge in [0.15, 0.2) is 0 Å². The molecule has 7 nitrogen and oxygen atoms in total. The minimum absolute atomic E-state index is 0.0747. The van der Waals surface area contributed by atoms with Crippen LogP contribution in [0.15, 0.2) is 42.5 Å². The van der Waals surface area contributed by atoms with Crippen molar-refractivity contribution in [1.29, 1.82) is 0 Å². The van der Waals surface area contributed by atoms with E-state index in [0.29, 0.717) is 24.3 Å². The van der Waals surface area contributed by atoms with E-state index in [1.54, 1.807) is 12.1 Å². The maximum absolute atomic E-state index is 12.8. The fourth-order valence-electron chi connectivity index (χ4n) is 3.30. The van der Waals surface area contributed by atoms with Gasteiger partial charge in [0.1, 0.15) is 17.5 Å². The van der Waals surface area contributed by atoms with Crippen LogP contribution in [-0.2, 0) is 11.2 Å². The van der Waals surface area contributed by atoms with Crippen LogP contribution in [0.5, 0.6) is 11.5 Å². The number of rotatable bonds is 7. The van der Waals surface area contributed by atoms with Crippen LogP contribution in [0.25, 0.3) is 0 Å². The number of hydrogen-bond acceptors (Lipinski definition) is 5. The van der Waals surface area contributed by atoms with E-state index in [1.807, 2.05) is 44.2 Å². The Labute approximate surface area is 170 Å². The van der Waals surface area contributed by atoms with Gasteiger partial charge in [0, 0.05) is 24.4 Å². The van der Waals surface area contributed by atoms with Crippen molar-refractivity contribution in [2.24, 2.45) is 11.5 Å². The van der Waals surface area contributed by atoms with Crippen molar-refractivity contribution in [2.75, 3.05) is 6.61 Å². The van der Waals surface area contributed by atoms with Gasteiger partial charge in [0.25, 0.3) is 5.91 Å². The Kier molecular flexibility index (Phi) is 6.39. The summed E-state index contributed by atoms with van der Waals surface area (Å²) in [6, 6.07) is 11.6. The molecule has 1 aliphatic rings. The van der Waals surface area contributed by atoms with Crippen LogP contribution in [-0.4, -0.2) is 30.6 Å². The van der Waals surface area contributed by atoms with Gasteiger partial charge in [-0.05, 0) is 37.6 Å². The minimum Gasteiger partial charge on any atom is -0.492 e. The first-order chi connectivity index (χ1) is 13.8. The summed E-state index contributed by atoms with van der Waals surface area (Å²) >= 11 is 0. The average Bonchev–Trinajstić information content (AvgIpc) is 2.68. The lowest BCUT2D eigenvalue weighted by atomic mass is 9.97. The van der Waals surface area contributed by atoms with Crippen molar-refractivity contribution in [3.05, 3.63) is 59.2 Å². The van der Waals surface area contributed by atoms with E-state index in [2.05, 4.69) is 5.32 Å². The van der Waals surface area contributed by atoms with Crippen LogP contribution < -0.4 is 26.3 Å². The van der Waals surface area contributed by atoms with Gasteiger partial charge in [-0.25, -0.2) is 0 Å². The Bertz CT molecular complexity index is 880. The summed E-state index contributed by atoms with van der Waals surface area (Å²) in [5.41, 5.74) is 13.7. The van der Waals surface area contributed by atoms with Gasteiger partial charge in [-0.1, -0.05) is 24.3 Å². The van der Waals surface area contributed by atoms with Crippen LogP contribution in [0.2, 0.25) is 0 Å². The summed E-state index contributed by atoms with van der Waals surface area (Å²) in [6.07, 6.45) is 1.04. The van der Waals surface area contributed by atoms with Gasteiger partial charge in [0.05, 0.1) is 18.3 Å². The van der Waals surface area contributed by atoms with E-state index < -0.39 is 17.9 Å². The number of para-hydroxylation sites is 1. The van der Waals surface area contributed by atoms with E-state index in [9.17, 15) is 9.59 Å². The molecule has 0 bridgehead atoms. The second kappa shape index (κ2) is 8.96. The van der Waals surface area contributed by atoms with Crippen molar-refractivity contribution in [1.82, 2.24) is 5.32 Å². The number of primary amides is 1. The Morgan fingerprint density at radius 1 is 1.21 bits per heavy atom. The summed E-state index contributed by atoms with van der Waals surface area (Å²) in [4.78, 5) is 24.8. The summed E-state index contributed by atoms with van der Waals surface area (Å²) in [5, 5.41) is 2.73. The number of fused-ring (bicyclic) bond motifs is 1. The molecule has 0 spiro atoms. The molecule has 0 saturated heterocycles. The molecule has 3 rings (SSSR count). The van der Waals surface area contributed by atoms with Gasteiger partial charge in [-0.15, -0.1) is 0 Å². The third-order valence-corrected chi connectivity index (χ3v) is 4.75. The Hall–Kier alpha value is -3.06. The molecule has 2 amide bonds. The molecule has 2 aromatic rings. The van der Waals surface area contributed by atoms with E-state index in [1.165, 1.54) is 0 Å². The molecule has 0 radical (unpaired) electrons. The molecule has 1 heterocycles. The molecule has 0 fully saturated rings. The van der Waals surface area contributed by atoms with Gasteiger partial charge < -0.3 is 26.3 Å². The molecule has 29 heavy (non-hydrogen) atoms. The zero-order valence-electron chi connectivity index (χ0n) is 16.7. The molecule has 0 aromatic heterocycles. The Morgan fingerprint density at radius 2 is 1.93 bits per heavy atom. The number of benzene rings is 2. The molecule has 5 N–H and O–H groups in total. The SMILES string of the molecule is CC(C)Oc1ccc(C[C@H](NC(=O)c2cccc3c2OCCC3N)C(N)=O)cc1. The predicted molar refractivity (Wildman–Crippen MR) is 110 cm³/mol. The maximum Gasteiger partial charge on any atom is 0.255 e. The first-order valence-electron chi connectivity index (χ1n) is 9.72. The number of nitrogens with two attached hydrogens (primary N) is 2. The zero-order chi connectivity index (χ0) is 21.0. The van der Waals surface area contributed by atoms with E-state index >= 15 is 0 Å². The zero-order valence-corrected chi connectivity index (χ0v) is 16.7. The molecule has 2 aromatic carbocycles. The van der Waals surface area contributed by atoms with E-state index in [-0.39, 0.29) is 18.6 Å². The lowest BCUT2D eigenvalue weighted by molar-refractivity contribution is -0.119. The lowest BCUT2D eigenvalue weighted by Crippen LogP contribution is -2.46. The molecule has 1 aliphatic heterocycles. The molecule has 7 heteroatoms. The van der Waals surface area contributed by atoms with Crippen molar-refractivity contribution in [2.45, 2.75) is 44.9 Å². The highest BCUT2D eigenvalue weighted by atomic mass is 16.5. The average molecular weight is 397 g/mol. The number of amides is 2. The summed E-state index contributed by atoms with van der Waals surface area (Å²) in [6.45, 7) is 4.35. The Morgan fingerprint density at radius 3 is 2.59 bits per heavy atom. The van der Waals surface area contributed by atoms with Gasteiger partial charge in [-0.3, -0.25) is 9.59 Å². The molecular formula is C22H27N3O4. The van der Waals surface area contributed by atoms with Crippen LogP contribution >= 0.6 is 0 Å². The predicted octanol–water partition coefficient (Wildman–Crippen LogP) is 2.08. The number of nitrogens with one attached hydrogen (secondary N) is 1. The van der Waals surface area contributed by atoms with Crippen LogP contribution in [0.3, 0.4) is 0 Å². The fraction of sp³-hybridized carbons (Fsp3) is 0.364. The fourth-order valence-corrected chi connectivity index (χ4v) is 3.30. The highest BCUT2D eigenvalue weighted by molar-refractivity contribution is 6.00. The van der Waals surface area contributed by atoms with Crippen molar-refractivity contribution < 1.29 is 19.1 Å². The normalized spacial score (nSPS) is 16.5. The Balaban J connectivity index is 1.73. The molecule has 1 unspecified atom stereocenters. The van der Waals surface area contributed by atoms with E-state index in [0.717, 1.165) is 16.9 Å². The largest absolute Gasteiger partial charge is 0.492 e. The number of hydrogen-bond donors (Lipinski definition) is 3. The van der Waals surface area contributed by atoms with Crippen LogP contribution in [0, 0.1) is 0 Å². The van der Waals surface area contributed by atoms with Crippen molar-refractivity contribution >= 4 is 11.8 Å². The third kappa shape index (κ3) is 5.06. The summed E-state index contributed by atoms with van der Waals surface area (Å²) in [7, 11) is 0. The second-order valence-electron chi connectivity index (χ2n) is 7.41. The lowest BCUT2D eigenvalue weighted by Gasteiger charge is -2.25. The van der Waals surface area contributed by atoms with Crippen molar-refractivity contribution in [3.8, 4) is 11.5 Å². The first kappa shape index (κ1) is 20.7. The molecular weight excluding hydrogens is 370 g/mol. The molecule has 2 atom stereocenters. The van der Waals surface area contributed by atoms with Gasteiger partial charge in [-0.2, -0.15) is 0 Å². The number of carbonyl (C=O) groups is 2. The highest BCUT2D eigenvalue weighted by Crippen LogP contribution is 2.33. The standard InChI is InChI=1S/C22H27N3O4/c1-13(2)29-15-8-6-14(7-9-15)12-19(21(24)26)25-22(27)17-5-3-4-16-18(23)10-11-28-20(16)17/h3-9,13,18-19H,10-12,23H2,1-2H3,(H2,24,26)(H,25,27)/t18?,19-/m0/s1. The number of carbonyl (C=O) groups excluding carboxylic acids is 2. The quantitative estimate of drug-likeness (QED) is 0.661. The monoisotopic (exact) mass is 397 g/mol. The summed E-state index contributed by atoms with van der Waals surface area (Å²) < 4.78 is 11.3. The minimum atomic E-state index is -0.854. The second-order valence-corrected chi connectivity index (χ2v) is 7.41. The van der Waals surface area contributed by atoms with Crippen LogP contribution in [0.4, 0.5) is 0 Å². The van der Waals surface area contributed by atoms with Gasteiger partial charge >= 0.3 is 0 Å². The van der Waals surface area contributed by atoms with Crippen molar-refractivity contribution in [3.63, 3.8) is 0 Å². The summed E-state index contributed by atoms with van der Waals surface area (Å²) in [5.74, 6) is 0.192. The number of ether oxygens (including phenoxy) is 2. The first-order valence-corrected chi connectivity index (χ1v) is 9.72. The van der Waals surface area contributed by atoms with Gasteiger partial charge in [0.2, 0.25) is 5.91 Å². The highest BCUT2D eigenvalue weighted by Gasteiger charge is 2.26. The molecule has 0 aliphatic carbocycles. The molecule has 0 saturated carbocycles. The maximum atomic E-state index is 12.8. The topological polar surface area (TPSA) is 117 Å². The van der Waals surface area contributed by atoms with Crippen LogP contribution in [0.1, 0.15) is 47.8 Å². The third-order valence-electron chi connectivity index (χ3n) is 4.75.